The number of furan rings is 1. The zero-order valence-corrected chi connectivity index (χ0v) is 16.3. The van der Waals surface area contributed by atoms with Crippen molar-refractivity contribution in [1.82, 2.24) is 10.3 Å². The SMILES string of the molecule is O=C(NC1CCCC1)C(c1ccncc1)N(C(=O)c1ccco1)c1ccc(F)cc1. The first kappa shape index (κ1) is 19.8. The summed E-state index contributed by atoms with van der Waals surface area (Å²) in [6.45, 7) is 0. The number of carbonyl (C=O) groups is 2. The highest BCUT2D eigenvalue weighted by molar-refractivity contribution is 6.08. The Balaban J connectivity index is 1.78. The van der Waals surface area contributed by atoms with E-state index in [1.807, 2.05) is 0 Å². The van der Waals surface area contributed by atoms with Crippen molar-refractivity contribution in [2.45, 2.75) is 37.8 Å². The van der Waals surface area contributed by atoms with E-state index in [-0.39, 0.29) is 17.7 Å². The molecule has 0 aliphatic heterocycles. The number of halogens is 1. The van der Waals surface area contributed by atoms with Crippen molar-refractivity contribution < 1.29 is 18.4 Å². The van der Waals surface area contributed by atoms with E-state index in [9.17, 15) is 14.0 Å². The molecule has 154 valence electrons. The summed E-state index contributed by atoms with van der Waals surface area (Å²) in [4.78, 5) is 32.2. The molecule has 0 radical (unpaired) electrons. The summed E-state index contributed by atoms with van der Waals surface area (Å²) < 4.78 is 18.9. The van der Waals surface area contributed by atoms with E-state index in [0.29, 0.717) is 11.3 Å². The zero-order valence-electron chi connectivity index (χ0n) is 16.3. The minimum atomic E-state index is -0.961. The Labute approximate surface area is 173 Å². The van der Waals surface area contributed by atoms with Gasteiger partial charge in [-0.05, 0) is 66.9 Å². The fourth-order valence-corrected chi connectivity index (χ4v) is 3.82. The Morgan fingerprint density at radius 3 is 2.40 bits per heavy atom. The molecule has 1 fully saturated rings. The van der Waals surface area contributed by atoms with Crippen molar-refractivity contribution >= 4 is 17.5 Å². The van der Waals surface area contributed by atoms with Crippen LogP contribution in [0.1, 0.15) is 47.8 Å². The number of amides is 2. The quantitative estimate of drug-likeness (QED) is 0.662. The first-order valence-corrected chi connectivity index (χ1v) is 9.96. The molecule has 1 atom stereocenters. The molecule has 2 amide bonds. The van der Waals surface area contributed by atoms with Gasteiger partial charge in [-0.25, -0.2) is 4.39 Å². The van der Waals surface area contributed by atoms with Gasteiger partial charge in [-0.3, -0.25) is 19.5 Å². The van der Waals surface area contributed by atoms with E-state index >= 15 is 0 Å². The monoisotopic (exact) mass is 407 g/mol. The standard InChI is InChI=1S/C23H22FN3O3/c24-17-7-9-19(10-8-17)27(23(29)20-6-3-15-30-20)21(16-11-13-25-14-12-16)22(28)26-18-4-1-2-5-18/h3,6-15,18,21H,1-2,4-5H2,(H,26,28). The number of aromatic nitrogens is 1. The molecule has 2 heterocycles. The number of benzene rings is 1. The summed E-state index contributed by atoms with van der Waals surface area (Å²) >= 11 is 0. The van der Waals surface area contributed by atoms with Gasteiger partial charge in [-0.15, -0.1) is 0 Å². The lowest BCUT2D eigenvalue weighted by Crippen LogP contribution is -2.46. The van der Waals surface area contributed by atoms with Gasteiger partial charge in [-0.1, -0.05) is 12.8 Å². The first-order chi connectivity index (χ1) is 14.6. The average Bonchev–Trinajstić information content (AvgIpc) is 3.47. The molecule has 2 aromatic heterocycles. The molecule has 0 saturated heterocycles. The Morgan fingerprint density at radius 2 is 1.77 bits per heavy atom. The van der Waals surface area contributed by atoms with Crippen molar-refractivity contribution in [1.29, 1.82) is 0 Å². The number of anilines is 1. The van der Waals surface area contributed by atoms with Gasteiger partial charge >= 0.3 is 0 Å². The van der Waals surface area contributed by atoms with Gasteiger partial charge in [-0.2, -0.15) is 0 Å². The van der Waals surface area contributed by atoms with E-state index in [1.54, 1.807) is 30.6 Å². The van der Waals surface area contributed by atoms with Crippen LogP contribution in [0.25, 0.3) is 0 Å². The fraction of sp³-hybridized carbons (Fsp3) is 0.261. The lowest BCUT2D eigenvalue weighted by atomic mass is 10.0. The summed E-state index contributed by atoms with van der Waals surface area (Å²) in [6.07, 6.45) is 8.51. The van der Waals surface area contributed by atoms with Crippen LogP contribution in [0.15, 0.2) is 71.6 Å². The highest BCUT2D eigenvalue weighted by atomic mass is 19.1. The van der Waals surface area contributed by atoms with Gasteiger partial charge in [0.05, 0.1) is 6.26 Å². The lowest BCUT2D eigenvalue weighted by molar-refractivity contribution is -0.123. The number of carbonyl (C=O) groups excluding carboxylic acids is 2. The Hall–Kier alpha value is -3.48. The maximum atomic E-state index is 13.6. The third-order valence-electron chi connectivity index (χ3n) is 5.29. The number of pyridine rings is 1. The van der Waals surface area contributed by atoms with E-state index in [1.165, 1.54) is 41.5 Å². The zero-order chi connectivity index (χ0) is 20.9. The minimum Gasteiger partial charge on any atom is -0.459 e. The molecule has 1 aromatic carbocycles. The van der Waals surface area contributed by atoms with Crippen molar-refractivity contribution in [3.8, 4) is 0 Å². The molecule has 1 aliphatic rings. The predicted octanol–water partition coefficient (Wildman–Crippen LogP) is 4.26. The number of hydrogen-bond acceptors (Lipinski definition) is 4. The maximum absolute atomic E-state index is 13.6. The molecule has 1 saturated carbocycles. The average molecular weight is 407 g/mol. The number of hydrogen-bond donors (Lipinski definition) is 1. The van der Waals surface area contributed by atoms with E-state index in [2.05, 4.69) is 10.3 Å². The van der Waals surface area contributed by atoms with Crippen molar-refractivity contribution in [2.75, 3.05) is 4.90 Å². The van der Waals surface area contributed by atoms with Crippen LogP contribution in [0.4, 0.5) is 10.1 Å². The van der Waals surface area contributed by atoms with E-state index in [4.69, 9.17) is 4.42 Å². The summed E-state index contributed by atoms with van der Waals surface area (Å²) in [5.74, 6) is -1.13. The van der Waals surface area contributed by atoms with E-state index < -0.39 is 17.8 Å². The van der Waals surface area contributed by atoms with Crippen molar-refractivity contribution in [3.63, 3.8) is 0 Å². The second-order valence-corrected chi connectivity index (χ2v) is 7.30. The molecule has 30 heavy (non-hydrogen) atoms. The van der Waals surface area contributed by atoms with Gasteiger partial charge in [0, 0.05) is 24.1 Å². The van der Waals surface area contributed by atoms with Gasteiger partial charge in [0.2, 0.25) is 5.91 Å². The molecule has 4 rings (SSSR count). The van der Waals surface area contributed by atoms with Crippen LogP contribution in [0.5, 0.6) is 0 Å². The number of rotatable bonds is 6. The van der Waals surface area contributed by atoms with Gasteiger partial charge < -0.3 is 9.73 Å². The molecule has 0 bridgehead atoms. The minimum absolute atomic E-state index is 0.0793. The lowest BCUT2D eigenvalue weighted by Gasteiger charge is -2.31. The second kappa shape index (κ2) is 8.90. The van der Waals surface area contributed by atoms with Gasteiger partial charge in [0.15, 0.2) is 5.76 Å². The molecule has 7 heteroatoms. The third-order valence-corrected chi connectivity index (χ3v) is 5.29. The number of nitrogens with zero attached hydrogens (tertiary/aromatic N) is 2. The summed E-state index contributed by atoms with van der Waals surface area (Å²) in [5.41, 5.74) is 0.992. The molecule has 1 unspecified atom stereocenters. The second-order valence-electron chi connectivity index (χ2n) is 7.30. The summed E-state index contributed by atoms with van der Waals surface area (Å²) in [5, 5.41) is 3.08. The van der Waals surface area contributed by atoms with Crippen LogP contribution in [0, 0.1) is 5.82 Å². The van der Waals surface area contributed by atoms with Crippen LogP contribution in [-0.2, 0) is 4.79 Å². The topological polar surface area (TPSA) is 75.4 Å². The predicted molar refractivity (Wildman–Crippen MR) is 109 cm³/mol. The maximum Gasteiger partial charge on any atom is 0.294 e. The molecular weight excluding hydrogens is 385 g/mol. The molecule has 1 aliphatic carbocycles. The molecule has 6 nitrogen and oxygen atoms in total. The first-order valence-electron chi connectivity index (χ1n) is 9.96. The highest BCUT2D eigenvalue weighted by Gasteiger charge is 2.35. The largest absolute Gasteiger partial charge is 0.459 e. The molecule has 0 spiro atoms. The Kier molecular flexibility index (Phi) is 5.88. The number of nitrogens with one attached hydrogen (secondary N) is 1. The van der Waals surface area contributed by atoms with E-state index in [0.717, 1.165) is 25.7 Å². The third kappa shape index (κ3) is 4.25. The highest BCUT2D eigenvalue weighted by Crippen LogP contribution is 2.30. The molecule has 1 N–H and O–H groups in total. The van der Waals surface area contributed by atoms with Crippen LogP contribution in [0.2, 0.25) is 0 Å². The summed E-state index contributed by atoms with van der Waals surface area (Å²) in [6, 6.07) is 11.1. The smallest absolute Gasteiger partial charge is 0.294 e. The van der Waals surface area contributed by atoms with Crippen molar-refractivity contribution in [3.05, 3.63) is 84.3 Å². The van der Waals surface area contributed by atoms with Crippen LogP contribution in [-0.4, -0.2) is 22.8 Å². The Bertz CT molecular complexity index is 984. The Morgan fingerprint density at radius 1 is 1.07 bits per heavy atom. The fourth-order valence-electron chi connectivity index (χ4n) is 3.82. The van der Waals surface area contributed by atoms with Crippen LogP contribution < -0.4 is 10.2 Å². The van der Waals surface area contributed by atoms with Crippen LogP contribution in [0.3, 0.4) is 0 Å². The van der Waals surface area contributed by atoms with Crippen molar-refractivity contribution in [2.24, 2.45) is 0 Å². The molecular formula is C23H22FN3O3. The van der Waals surface area contributed by atoms with Gasteiger partial charge in [0.1, 0.15) is 11.9 Å². The molecule has 3 aromatic rings. The van der Waals surface area contributed by atoms with Crippen LogP contribution >= 0.6 is 0 Å². The summed E-state index contributed by atoms with van der Waals surface area (Å²) in [7, 11) is 0. The normalized spacial score (nSPS) is 15.0. The van der Waals surface area contributed by atoms with Gasteiger partial charge in [0.25, 0.3) is 5.91 Å².